The number of hydrogen-bond acceptors (Lipinski definition) is 32. The molecule has 4 unspecified atom stereocenters. The number of nitrogens with one attached hydrogen (secondary N) is 6. The highest BCUT2D eigenvalue weighted by molar-refractivity contribution is 8.76. The number of aliphatic carboxylic acids is 3. The number of ether oxygens (including phenoxy) is 4. The number of primary sulfonamides is 2. The third-order valence-electron chi connectivity index (χ3n) is 21.8. The predicted octanol–water partition coefficient (Wildman–Crippen LogP) is 2.77. The summed E-state index contributed by atoms with van der Waals surface area (Å²) in [5.74, 6) is -14.2. The van der Waals surface area contributed by atoms with Crippen molar-refractivity contribution in [1.29, 1.82) is 0 Å². The number of aromatic hydroxyl groups is 1. The lowest BCUT2D eigenvalue weighted by atomic mass is 9.83. The summed E-state index contributed by atoms with van der Waals surface area (Å²) in [6.07, 6.45) is 3.25. The first-order chi connectivity index (χ1) is 63.2. The molecule has 7 amide bonds. The van der Waals surface area contributed by atoms with E-state index in [1.807, 2.05) is 46.6 Å². The largest absolute Gasteiger partial charge is 0.508 e. The van der Waals surface area contributed by atoms with E-state index in [1.54, 1.807) is 25.1 Å². The molecule has 3 aromatic carbocycles. The number of ketones is 4. The molecule has 0 radical (unpaired) electrons. The van der Waals surface area contributed by atoms with E-state index in [1.165, 1.54) is 70.2 Å². The Morgan fingerprint density at radius 1 is 0.687 bits per heavy atom. The van der Waals surface area contributed by atoms with Crippen molar-refractivity contribution in [3.8, 4) is 5.75 Å². The molecular weight excluding hydrogens is 1850 g/mol. The monoisotopic (exact) mass is 1980 g/mol. The first kappa shape index (κ1) is 114. The highest BCUT2D eigenvalue weighted by atomic mass is 33.1. The molecule has 0 bridgehead atoms. The lowest BCUT2D eigenvalue weighted by Gasteiger charge is -2.39. The van der Waals surface area contributed by atoms with Crippen LogP contribution in [0.5, 0.6) is 5.75 Å². The van der Waals surface area contributed by atoms with E-state index in [2.05, 4.69) is 31.9 Å². The Kier molecular flexibility index (Phi) is 49.7. The number of carboxylic acids is 3. The first-order valence-corrected chi connectivity index (χ1v) is 50.8. The first-order valence-electron chi connectivity index (χ1n) is 43.9. The maximum Gasteiger partial charge on any atom is 0.407 e. The van der Waals surface area contributed by atoms with Gasteiger partial charge in [-0.1, -0.05) is 100 Å². The van der Waals surface area contributed by atoms with Gasteiger partial charge in [-0.3, -0.25) is 86.6 Å². The quantitative estimate of drug-likeness (QED) is 0.0127. The molecule has 0 spiro atoms. The second kappa shape index (κ2) is 58.3. The number of Topliss-reactive ketones (excluding diaryl/α,β-unsaturated/α-hetero) is 4. The summed E-state index contributed by atoms with van der Waals surface area (Å²) in [6, 6.07) is 11.3. The number of sulfonamides is 2. The number of piperidine rings is 1. The van der Waals surface area contributed by atoms with Gasteiger partial charge in [0.25, 0.3) is 5.91 Å². The maximum atomic E-state index is 15.1. The fourth-order valence-electron chi connectivity index (χ4n) is 14.3. The molecule has 5 rings (SSSR count). The van der Waals surface area contributed by atoms with E-state index in [0.717, 1.165) is 53.1 Å². The molecule has 1 saturated heterocycles. The summed E-state index contributed by atoms with van der Waals surface area (Å²) in [7, 11) is -5.19. The average molecular weight is 1980 g/mol. The van der Waals surface area contributed by atoms with Crippen molar-refractivity contribution in [2.24, 2.45) is 50.0 Å². The Hall–Kier alpha value is -10.2. The molecule has 0 aromatic heterocycles. The van der Waals surface area contributed by atoms with Gasteiger partial charge in [0.15, 0.2) is 29.5 Å². The smallest absolute Gasteiger partial charge is 0.407 e. The van der Waals surface area contributed by atoms with Gasteiger partial charge in [-0.25, -0.2) is 36.3 Å². The van der Waals surface area contributed by atoms with E-state index < -0.39 is 201 Å². The predicted molar refractivity (Wildman–Crippen MR) is 496 cm³/mol. The van der Waals surface area contributed by atoms with Crippen LogP contribution in [0.4, 0.5) is 10.5 Å². The van der Waals surface area contributed by atoms with E-state index in [9.17, 15) is 109 Å². The zero-order valence-corrected chi connectivity index (χ0v) is 80.7. The number of nitrogens with two attached hydrogens (primary N) is 3. The number of carbonyl (C=O) groups excluding carboxylic acids is 13. The molecule has 16 N–H and O–H groups in total. The normalized spacial score (nSPS) is 16.0. The number of rotatable bonds is 64. The number of likely N-dealkylation sites (tertiary alicyclic amines) is 1. The summed E-state index contributed by atoms with van der Waals surface area (Å²) in [4.78, 5) is 217. The van der Waals surface area contributed by atoms with Crippen molar-refractivity contribution in [3.05, 3.63) is 95.7 Å². The van der Waals surface area contributed by atoms with Crippen LogP contribution in [-0.2, 0) is 134 Å². The molecule has 42 nitrogen and oxygen atoms in total. The third-order valence-corrected chi connectivity index (χ3v) is 28.0. The topological polar surface area (TPSA) is 635 Å². The minimum atomic E-state index is -4.03. The number of carbonyl (C=O) groups is 16. The van der Waals surface area contributed by atoms with Crippen LogP contribution >= 0.6 is 21.6 Å². The molecule has 0 aliphatic carbocycles. The summed E-state index contributed by atoms with van der Waals surface area (Å²) in [5.41, 5.74) is 6.34. The number of alkyl carbamates (subject to hydrolysis) is 1. The van der Waals surface area contributed by atoms with Crippen LogP contribution in [0.25, 0.3) is 0 Å². The highest BCUT2D eigenvalue weighted by Gasteiger charge is 2.41. The second-order valence-corrected chi connectivity index (χ2v) is 40.7. The van der Waals surface area contributed by atoms with E-state index in [-0.39, 0.29) is 183 Å². The molecule has 744 valence electrons. The molecule has 2 aliphatic rings. The van der Waals surface area contributed by atoms with Crippen LogP contribution in [0.15, 0.2) is 98.7 Å². The Labute approximate surface area is 790 Å². The summed E-state index contributed by atoms with van der Waals surface area (Å²) in [5, 5.41) is 64.6. The van der Waals surface area contributed by atoms with E-state index in [0.29, 0.717) is 30.4 Å². The lowest BCUT2D eigenvalue weighted by Crippen LogP contribution is -2.55. The van der Waals surface area contributed by atoms with Crippen LogP contribution in [0.3, 0.4) is 0 Å². The van der Waals surface area contributed by atoms with Crippen molar-refractivity contribution >= 4 is 153 Å². The minimum absolute atomic E-state index is 0.00755. The van der Waals surface area contributed by atoms with Crippen molar-refractivity contribution in [3.63, 3.8) is 0 Å². The SMILES string of the molecule is CCCC(=O)OCN(C(=O)[C@H](CC(=O)C1CCCCN1C)C(C)CC)[C@@H](C[C@H](OC(C)=O)S1=NC(C(=O)NC(Cc2ccc(O)cc2)C[C@@H](C)C(=O)CNC(=O)OCCSSC[C@H](CNC(=O)[C@@H](CC(=O)O)NC(=O)[C@@H](N)CNC(=O)CCOCCCC(=O)CN(CCN(CC(=O)O)CC(=O)Nc2ccc(S(N)(=O)=O)cc2)CC(=O)Cc2ccc(S(N)(=O)=O)cc2)C(=O)O)=CC1)C(C)C. The number of carboxylic acid groups (broad SMARTS) is 3. The van der Waals surface area contributed by atoms with Gasteiger partial charge < -0.3 is 81.9 Å². The Morgan fingerprint density at radius 2 is 1.33 bits per heavy atom. The standard InChI is InChI=1S/C87H128N14O28S5/c1-9-14-80(114)128-53-101(85(118)68(55(5)10-2)42-74(106)72-16-11-12-31-98(72)8)73(54(3)4)44-81(129-57(7)102)132-38-30-70(97-132)84(117)95-62(40-58-17-23-63(103)24-18-58)39-56(6)75(107)47-93-87(121)127-36-37-130-131-52-60(86(119)120)45-92-83(116)71(43-78(110)111)96-82(115)69(88)46-91-76(108)29-35-126-34-13-15-64(104)48-99(49-65(105)41-59-19-25-66(26-20-59)133(89,122)123)32-33-100(51-79(112)113)50-77(109)94-61-21-27-67(28-22-61)134(90,124)125/h17-28,30,54-56,60,62,68-69,71-73,81,103H,9-16,29,31-53,88H2,1-8H3,(H,91,108)(H,92,116)(H,93,121)(H,94,109)(H,95,117)(H,96,115)(H,110,111)(H,112,113)(H,119,120)(H2,89,122,123)(H2,90,124,125)/t55?,56-,60+,62?,68-,69+,71-,72?,73+,81-,132?/m1/s1. The molecule has 47 heteroatoms. The Morgan fingerprint density at radius 3 is 1.93 bits per heavy atom. The van der Waals surface area contributed by atoms with Gasteiger partial charge in [-0.15, -0.1) is 0 Å². The zero-order chi connectivity index (χ0) is 99.5. The van der Waals surface area contributed by atoms with Gasteiger partial charge in [0.05, 0.1) is 67.5 Å². The summed E-state index contributed by atoms with van der Waals surface area (Å²) in [6.45, 7) is 8.71. The fourth-order valence-corrected chi connectivity index (χ4v) is 19.2. The molecule has 3 aromatic rings. The molecule has 11 atom stereocenters. The van der Waals surface area contributed by atoms with Gasteiger partial charge in [0, 0.05) is 125 Å². The average Bonchev–Trinajstić information content (AvgIpc) is 1.32. The van der Waals surface area contributed by atoms with Crippen molar-refractivity contribution < 1.29 is 133 Å². The maximum absolute atomic E-state index is 15.1. The fraction of sp³-hybridized carbons (Fsp3) is 0.586. The number of likely N-dealkylation sites (N-methyl/N-ethyl adjacent to an activating group) is 1. The third kappa shape index (κ3) is 42.8. The molecule has 0 saturated carbocycles. The zero-order valence-electron chi connectivity index (χ0n) is 76.6. The van der Waals surface area contributed by atoms with Crippen LogP contribution in [0.1, 0.15) is 143 Å². The minimum Gasteiger partial charge on any atom is -0.508 e. The number of amides is 7. The van der Waals surface area contributed by atoms with Gasteiger partial charge >= 0.3 is 35.9 Å². The number of phenols is 1. The van der Waals surface area contributed by atoms with Crippen LogP contribution in [0, 0.1) is 29.6 Å². The van der Waals surface area contributed by atoms with Gasteiger partial charge in [0.1, 0.15) is 35.9 Å². The highest BCUT2D eigenvalue weighted by Crippen LogP contribution is 2.32. The Bertz CT molecular complexity index is 4820. The number of anilines is 1. The Balaban J connectivity index is 1.05. The van der Waals surface area contributed by atoms with Crippen LogP contribution in [0.2, 0.25) is 0 Å². The van der Waals surface area contributed by atoms with Crippen LogP contribution < -0.4 is 47.9 Å². The molecule has 2 aliphatic heterocycles. The molecule has 134 heavy (non-hydrogen) atoms. The van der Waals surface area contributed by atoms with Gasteiger partial charge in [-0.2, -0.15) is 0 Å². The number of esters is 2. The van der Waals surface area contributed by atoms with Crippen molar-refractivity contribution in [2.75, 3.05) is 122 Å². The summed E-state index contributed by atoms with van der Waals surface area (Å²) >= 11 is 0. The van der Waals surface area contributed by atoms with Gasteiger partial charge in [0.2, 0.25) is 49.6 Å². The lowest BCUT2D eigenvalue weighted by molar-refractivity contribution is -0.161. The second-order valence-electron chi connectivity index (χ2n) is 33.1. The molecule has 2 heterocycles. The number of phenolic OH excluding ortho intramolecular Hbond substituents is 1. The molecular formula is C87H128N14O28S5. The van der Waals surface area contributed by atoms with Crippen molar-refractivity contribution in [2.45, 2.75) is 190 Å². The van der Waals surface area contributed by atoms with Gasteiger partial charge in [-0.05, 0) is 140 Å². The van der Waals surface area contributed by atoms with Crippen LogP contribution in [-0.4, -0.2) is 303 Å². The van der Waals surface area contributed by atoms with E-state index in [4.69, 9.17) is 39.3 Å². The van der Waals surface area contributed by atoms with E-state index >= 15 is 4.79 Å². The number of nitrogens with zero attached hydrogens (tertiary/aromatic N) is 5. The number of hydrogen-bond donors (Lipinski definition) is 13. The molecule has 1 fully saturated rings. The van der Waals surface area contributed by atoms with Crippen molar-refractivity contribution in [1.82, 2.24) is 46.2 Å². The number of benzene rings is 3. The summed E-state index contributed by atoms with van der Waals surface area (Å²) < 4.78 is 74.2.